The average Bonchev–Trinajstić information content (AvgIpc) is 2.45. The molecule has 1 N–H and O–H groups in total. The molecule has 0 aliphatic rings. The van der Waals surface area contributed by atoms with Gasteiger partial charge in [0, 0.05) is 25.7 Å². The highest BCUT2D eigenvalue weighted by molar-refractivity contribution is 5.94. The maximum absolute atomic E-state index is 13.9. The Balaban J connectivity index is 2.81. The van der Waals surface area contributed by atoms with E-state index in [0.717, 1.165) is 37.8 Å². The first-order valence-electron chi connectivity index (χ1n) is 7.49. The molecule has 1 amide bonds. The summed E-state index contributed by atoms with van der Waals surface area (Å²) in [5.41, 5.74) is -0.118. The van der Waals surface area contributed by atoms with Crippen LogP contribution in [0.2, 0.25) is 0 Å². The zero-order chi connectivity index (χ0) is 15.8. The third-order valence-electron chi connectivity index (χ3n) is 3.28. The van der Waals surface area contributed by atoms with Crippen molar-refractivity contribution in [3.05, 3.63) is 29.3 Å². The van der Waals surface area contributed by atoms with Crippen LogP contribution in [0.5, 0.6) is 0 Å². The van der Waals surface area contributed by atoms with E-state index in [2.05, 4.69) is 12.2 Å². The molecule has 1 aromatic rings. The van der Waals surface area contributed by atoms with Crippen LogP contribution in [0.4, 0.5) is 14.5 Å². The number of benzene rings is 1. The van der Waals surface area contributed by atoms with Crippen molar-refractivity contribution < 1.29 is 13.6 Å². The van der Waals surface area contributed by atoms with Crippen LogP contribution in [0.15, 0.2) is 12.1 Å². The Hall–Kier alpha value is -1.65. The minimum absolute atomic E-state index is 0.0473. The molecule has 118 valence electrons. The largest absolute Gasteiger partial charge is 0.380 e. The second kappa shape index (κ2) is 8.60. The van der Waals surface area contributed by atoms with E-state index in [-0.39, 0.29) is 17.2 Å². The van der Waals surface area contributed by atoms with E-state index in [0.29, 0.717) is 13.1 Å². The van der Waals surface area contributed by atoms with Crippen LogP contribution in [-0.4, -0.2) is 30.9 Å². The third kappa shape index (κ3) is 4.99. The zero-order valence-corrected chi connectivity index (χ0v) is 13.0. The molecule has 1 aromatic carbocycles. The van der Waals surface area contributed by atoms with Gasteiger partial charge < -0.3 is 10.2 Å². The number of anilines is 1. The predicted molar refractivity (Wildman–Crippen MR) is 81.6 cm³/mol. The van der Waals surface area contributed by atoms with Gasteiger partial charge in [0.15, 0.2) is 0 Å². The molecule has 0 aliphatic heterocycles. The number of carbonyl (C=O) groups excluding carboxylic acids is 1. The van der Waals surface area contributed by atoms with Crippen LogP contribution >= 0.6 is 0 Å². The van der Waals surface area contributed by atoms with E-state index in [1.165, 1.54) is 4.90 Å². The van der Waals surface area contributed by atoms with Crippen LogP contribution in [0, 0.1) is 11.6 Å². The van der Waals surface area contributed by atoms with Crippen LogP contribution in [0.1, 0.15) is 49.9 Å². The molecule has 0 unspecified atom stereocenters. The van der Waals surface area contributed by atoms with Crippen molar-refractivity contribution in [2.24, 2.45) is 0 Å². The van der Waals surface area contributed by atoms with E-state index in [1.54, 1.807) is 7.05 Å². The fraction of sp³-hybridized carbons (Fsp3) is 0.562. The quantitative estimate of drug-likeness (QED) is 0.734. The smallest absolute Gasteiger partial charge is 0.253 e. The summed E-state index contributed by atoms with van der Waals surface area (Å²) in [5, 5.41) is 2.69. The topological polar surface area (TPSA) is 32.3 Å². The van der Waals surface area contributed by atoms with Gasteiger partial charge in [-0.15, -0.1) is 0 Å². The minimum Gasteiger partial charge on any atom is -0.380 e. The molecule has 5 heteroatoms. The normalized spacial score (nSPS) is 10.5. The molecule has 0 fully saturated rings. The van der Waals surface area contributed by atoms with Gasteiger partial charge in [-0.1, -0.05) is 26.7 Å². The van der Waals surface area contributed by atoms with Gasteiger partial charge in [-0.05, 0) is 25.0 Å². The maximum atomic E-state index is 13.9. The van der Waals surface area contributed by atoms with Crippen molar-refractivity contribution in [2.45, 2.75) is 39.5 Å². The van der Waals surface area contributed by atoms with Gasteiger partial charge in [0.1, 0.15) is 17.3 Å². The van der Waals surface area contributed by atoms with Crippen molar-refractivity contribution in [3.8, 4) is 0 Å². The first-order valence-corrected chi connectivity index (χ1v) is 7.49. The molecule has 3 nitrogen and oxygen atoms in total. The molecule has 1 rings (SSSR count). The summed E-state index contributed by atoms with van der Waals surface area (Å²) < 4.78 is 27.8. The molecule has 0 saturated heterocycles. The first-order chi connectivity index (χ1) is 10.0. The fourth-order valence-corrected chi connectivity index (χ4v) is 2.04. The van der Waals surface area contributed by atoms with Gasteiger partial charge in [-0.3, -0.25) is 4.79 Å². The summed E-state index contributed by atoms with van der Waals surface area (Å²) in [4.78, 5) is 13.6. The lowest BCUT2D eigenvalue weighted by Crippen LogP contribution is -2.28. The van der Waals surface area contributed by atoms with Crippen LogP contribution < -0.4 is 5.32 Å². The number of hydrogen-bond donors (Lipinski definition) is 1. The Morgan fingerprint density at radius 1 is 1.14 bits per heavy atom. The Morgan fingerprint density at radius 3 is 2.29 bits per heavy atom. The highest BCUT2D eigenvalue weighted by Crippen LogP contribution is 2.21. The van der Waals surface area contributed by atoms with E-state index in [4.69, 9.17) is 0 Å². The number of amides is 1. The Bertz CT molecular complexity index is 454. The summed E-state index contributed by atoms with van der Waals surface area (Å²) in [6.45, 7) is 5.06. The molecular weight excluding hydrogens is 274 g/mol. The van der Waals surface area contributed by atoms with Gasteiger partial charge in [-0.2, -0.15) is 0 Å². The minimum atomic E-state index is -0.728. The molecule has 0 bridgehead atoms. The zero-order valence-electron chi connectivity index (χ0n) is 13.0. The van der Waals surface area contributed by atoms with Crippen molar-refractivity contribution in [1.29, 1.82) is 0 Å². The van der Waals surface area contributed by atoms with Crippen LogP contribution in [-0.2, 0) is 0 Å². The second-order valence-corrected chi connectivity index (χ2v) is 5.18. The van der Waals surface area contributed by atoms with E-state index in [9.17, 15) is 13.6 Å². The number of hydrogen-bond acceptors (Lipinski definition) is 2. The van der Waals surface area contributed by atoms with Gasteiger partial charge in [-0.25, -0.2) is 8.78 Å². The summed E-state index contributed by atoms with van der Waals surface area (Å²) in [5.74, 6) is -1.81. The predicted octanol–water partition coefficient (Wildman–Crippen LogP) is 4.05. The van der Waals surface area contributed by atoms with Gasteiger partial charge >= 0.3 is 0 Å². The third-order valence-corrected chi connectivity index (χ3v) is 3.28. The molecule has 0 spiro atoms. The molecule has 0 heterocycles. The highest BCUT2D eigenvalue weighted by Gasteiger charge is 2.17. The molecule has 21 heavy (non-hydrogen) atoms. The summed E-state index contributed by atoms with van der Waals surface area (Å²) in [7, 11) is 1.65. The molecule has 0 aromatic heterocycles. The fourth-order valence-electron chi connectivity index (χ4n) is 2.04. The number of unbranched alkanes of at least 4 members (excludes halogenated alkanes) is 2. The number of halogens is 2. The van der Waals surface area contributed by atoms with Crippen molar-refractivity contribution >= 4 is 11.6 Å². The standard InChI is InChI=1S/C16H24F2N2O/c1-4-6-7-9-20(3)16(21)12-10-13(17)15(14(18)11-12)19-8-5-2/h10-11,19H,4-9H2,1-3H3. The number of nitrogens with zero attached hydrogens (tertiary/aromatic N) is 1. The van der Waals surface area contributed by atoms with E-state index < -0.39 is 11.6 Å². The summed E-state index contributed by atoms with van der Waals surface area (Å²) >= 11 is 0. The van der Waals surface area contributed by atoms with Gasteiger partial charge in [0.05, 0.1) is 0 Å². The van der Waals surface area contributed by atoms with Crippen LogP contribution in [0.25, 0.3) is 0 Å². The number of nitrogens with one attached hydrogen (secondary N) is 1. The Morgan fingerprint density at radius 2 is 1.76 bits per heavy atom. The molecule has 0 saturated carbocycles. The molecular formula is C16H24F2N2O. The summed E-state index contributed by atoms with van der Waals surface area (Å²) in [6.07, 6.45) is 3.74. The average molecular weight is 298 g/mol. The molecule has 0 atom stereocenters. The van der Waals surface area contributed by atoms with Gasteiger partial charge in [0.2, 0.25) is 0 Å². The number of carbonyl (C=O) groups is 1. The van der Waals surface area contributed by atoms with Gasteiger partial charge in [0.25, 0.3) is 5.91 Å². The maximum Gasteiger partial charge on any atom is 0.253 e. The van der Waals surface area contributed by atoms with Crippen molar-refractivity contribution in [1.82, 2.24) is 4.90 Å². The van der Waals surface area contributed by atoms with E-state index >= 15 is 0 Å². The number of rotatable bonds is 8. The lowest BCUT2D eigenvalue weighted by molar-refractivity contribution is 0.0791. The highest BCUT2D eigenvalue weighted by atomic mass is 19.1. The molecule has 0 radical (unpaired) electrons. The lowest BCUT2D eigenvalue weighted by atomic mass is 10.1. The van der Waals surface area contributed by atoms with Crippen molar-refractivity contribution in [3.63, 3.8) is 0 Å². The SMILES string of the molecule is CCCCCN(C)C(=O)c1cc(F)c(NCCC)c(F)c1. The first kappa shape index (κ1) is 17.4. The van der Waals surface area contributed by atoms with E-state index in [1.807, 2.05) is 6.92 Å². The lowest BCUT2D eigenvalue weighted by Gasteiger charge is -2.18. The Labute approximate surface area is 125 Å². The molecule has 0 aliphatic carbocycles. The summed E-state index contributed by atoms with van der Waals surface area (Å²) in [6, 6.07) is 2.19. The monoisotopic (exact) mass is 298 g/mol. The van der Waals surface area contributed by atoms with Crippen molar-refractivity contribution in [2.75, 3.05) is 25.5 Å². The Kier molecular flexibility index (Phi) is 7.12. The van der Waals surface area contributed by atoms with Crippen LogP contribution in [0.3, 0.4) is 0 Å². The second-order valence-electron chi connectivity index (χ2n) is 5.18.